The lowest BCUT2D eigenvalue weighted by atomic mass is 9.72. The maximum Gasteiger partial charge on any atom is 0.273 e. The second kappa shape index (κ2) is 7.00. The van der Waals surface area contributed by atoms with Crippen molar-refractivity contribution < 1.29 is 13.2 Å². The summed E-state index contributed by atoms with van der Waals surface area (Å²) >= 11 is 0. The van der Waals surface area contributed by atoms with Gasteiger partial charge in [-0.1, -0.05) is 56.0 Å². The Hall–Kier alpha value is -2.76. The number of benzene rings is 2. The molecule has 0 aromatic heterocycles. The number of alkyl halides is 2. The third kappa shape index (κ3) is 3.17. The first-order valence-electron chi connectivity index (χ1n) is 9.14. The maximum atomic E-state index is 14.7. The molecule has 0 spiro atoms. The van der Waals surface area contributed by atoms with Crippen LogP contribution in [0.4, 0.5) is 13.2 Å². The minimum absolute atomic E-state index is 0.0539. The average molecular weight is 387 g/mol. The first-order chi connectivity index (χ1) is 13.1. The van der Waals surface area contributed by atoms with E-state index in [1.807, 2.05) is 0 Å². The smallest absolute Gasteiger partial charge is 0.273 e. The van der Waals surface area contributed by atoms with Gasteiger partial charge in [-0.15, -0.1) is 0 Å². The molecule has 6 heteroatoms. The lowest BCUT2D eigenvalue weighted by molar-refractivity contribution is -0.00830. The molecule has 0 radical (unpaired) electrons. The Morgan fingerprint density at radius 1 is 1.18 bits per heavy atom. The molecule has 0 bridgehead atoms. The van der Waals surface area contributed by atoms with Gasteiger partial charge in [-0.2, -0.15) is 0 Å². The summed E-state index contributed by atoms with van der Waals surface area (Å²) in [4.78, 5) is 1.59. The van der Waals surface area contributed by atoms with Crippen LogP contribution in [0.5, 0.6) is 0 Å². The van der Waals surface area contributed by atoms with Gasteiger partial charge in [-0.25, -0.2) is 13.2 Å². The third-order valence-corrected chi connectivity index (χ3v) is 5.60. The Bertz CT molecular complexity index is 907. The van der Waals surface area contributed by atoms with Crippen LogP contribution in [-0.4, -0.2) is 17.9 Å². The molecule has 0 saturated carbocycles. The van der Waals surface area contributed by atoms with Crippen molar-refractivity contribution in [2.45, 2.75) is 37.6 Å². The number of nitrogens with one attached hydrogen (secondary N) is 2. The standard InChI is InChI=1S/C22H24F3N3/c1-5-22(24,25)16-12-10-15(11-13-16)19-14(2)28(4)20(26)27-21(19,3)17-8-6-7-9-18(17)23/h6-13,19H,2,5H2,1,3-4H3,(H2,26,27)/t19-,21+/m0/s1. The highest BCUT2D eigenvalue weighted by Gasteiger charge is 2.46. The zero-order valence-electron chi connectivity index (χ0n) is 16.2. The number of guanidine groups is 1. The van der Waals surface area contributed by atoms with Gasteiger partial charge in [-0.05, 0) is 18.6 Å². The predicted molar refractivity (Wildman–Crippen MR) is 105 cm³/mol. The number of nitrogens with zero attached hydrogens (tertiary/aromatic N) is 1. The largest absolute Gasteiger partial charge is 0.346 e. The second-order valence-corrected chi connectivity index (χ2v) is 7.32. The summed E-state index contributed by atoms with van der Waals surface area (Å²) in [6.07, 6.45) is -0.281. The molecule has 2 aromatic carbocycles. The molecule has 3 rings (SSSR count). The van der Waals surface area contributed by atoms with E-state index >= 15 is 0 Å². The summed E-state index contributed by atoms with van der Waals surface area (Å²) in [7, 11) is 1.70. The molecular weight excluding hydrogens is 363 g/mol. The van der Waals surface area contributed by atoms with Crippen LogP contribution in [0.3, 0.4) is 0 Å². The van der Waals surface area contributed by atoms with E-state index in [-0.39, 0.29) is 17.9 Å². The molecule has 1 aliphatic rings. The van der Waals surface area contributed by atoms with Gasteiger partial charge in [-0.3, -0.25) is 5.41 Å². The highest BCUT2D eigenvalue weighted by molar-refractivity contribution is 5.82. The van der Waals surface area contributed by atoms with E-state index in [1.165, 1.54) is 25.1 Å². The monoisotopic (exact) mass is 387 g/mol. The van der Waals surface area contributed by atoms with Gasteiger partial charge < -0.3 is 10.2 Å². The minimum atomic E-state index is -2.89. The molecule has 1 heterocycles. The summed E-state index contributed by atoms with van der Waals surface area (Å²) < 4.78 is 42.7. The van der Waals surface area contributed by atoms with Crippen LogP contribution in [0.1, 0.15) is 42.9 Å². The van der Waals surface area contributed by atoms with Crippen molar-refractivity contribution in [1.82, 2.24) is 10.2 Å². The molecule has 1 saturated heterocycles. The van der Waals surface area contributed by atoms with Crippen LogP contribution in [-0.2, 0) is 11.5 Å². The van der Waals surface area contributed by atoms with Crippen molar-refractivity contribution in [2.75, 3.05) is 7.05 Å². The Balaban J connectivity index is 2.13. The van der Waals surface area contributed by atoms with Gasteiger partial charge in [0.2, 0.25) is 0 Å². The van der Waals surface area contributed by atoms with Crippen LogP contribution in [0.25, 0.3) is 0 Å². The summed E-state index contributed by atoms with van der Waals surface area (Å²) in [5, 5.41) is 11.3. The predicted octanol–water partition coefficient (Wildman–Crippen LogP) is 5.31. The topological polar surface area (TPSA) is 39.1 Å². The van der Waals surface area contributed by atoms with E-state index in [9.17, 15) is 13.2 Å². The minimum Gasteiger partial charge on any atom is -0.346 e. The van der Waals surface area contributed by atoms with E-state index in [1.54, 1.807) is 49.2 Å². The molecule has 3 nitrogen and oxygen atoms in total. The molecule has 0 aliphatic carbocycles. The zero-order valence-corrected chi connectivity index (χ0v) is 16.2. The van der Waals surface area contributed by atoms with Gasteiger partial charge in [0.05, 0.1) is 11.5 Å². The average Bonchev–Trinajstić information content (AvgIpc) is 2.67. The molecule has 2 aromatic rings. The normalized spacial score (nSPS) is 22.9. The number of halogens is 3. The summed E-state index contributed by atoms with van der Waals surface area (Å²) in [6.45, 7) is 7.36. The number of rotatable bonds is 4. The van der Waals surface area contributed by atoms with Crippen molar-refractivity contribution >= 4 is 5.96 Å². The van der Waals surface area contributed by atoms with Gasteiger partial charge in [0.25, 0.3) is 5.92 Å². The van der Waals surface area contributed by atoms with Crippen molar-refractivity contribution in [3.63, 3.8) is 0 Å². The summed E-state index contributed by atoms with van der Waals surface area (Å²) in [6, 6.07) is 12.5. The Morgan fingerprint density at radius 3 is 2.36 bits per heavy atom. The maximum absolute atomic E-state index is 14.7. The van der Waals surface area contributed by atoms with Gasteiger partial charge >= 0.3 is 0 Å². The Morgan fingerprint density at radius 2 is 1.79 bits per heavy atom. The number of hydrogen-bond acceptors (Lipinski definition) is 1. The van der Waals surface area contributed by atoms with Gasteiger partial charge in [0.1, 0.15) is 5.82 Å². The third-order valence-electron chi connectivity index (χ3n) is 5.60. The quantitative estimate of drug-likeness (QED) is 0.746. The lowest BCUT2D eigenvalue weighted by Gasteiger charge is -2.48. The molecule has 2 N–H and O–H groups in total. The van der Waals surface area contributed by atoms with Crippen molar-refractivity contribution in [1.29, 1.82) is 5.41 Å². The van der Waals surface area contributed by atoms with E-state index in [2.05, 4.69) is 11.9 Å². The second-order valence-electron chi connectivity index (χ2n) is 7.32. The summed E-state index contributed by atoms with van der Waals surface area (Å²) in [5.74, 6) is -3.65. The van der Waals surface area contributed by atoms with Gasteiger partial charge in [0, 0.05) is 30.3 Å². The van der Waals surface area contributed by atoms with E-state index < -0.39 is 23.2 Å². The molecule has 1 fully saturated rings. The van der Waals surface area contributed by atoms with Crippen molar-refractivity contribution in [2.24, 2.45) is 0 Å². The number of likely N-dealkylation sites (N-methyl/N-ethyl adjacent to an activating group) is 1. The first-order valence-corrected chi connectivity index (χ1v) is 9.14. The fraction of sp³-hybridized carbons (Fsp3) is 0.318. The molecule has 0 unspecified atom stereocenters. The molecule has 1 aliphatic heterocycles. The molecule has 28 heavy (non-hydrogen) atoms. The van der Waals surface area contributed by atoms with Gasteiger partial charge in [0.15, 0.2) is 5.96 Å². The molecule has 148 valence electrons. The molecular formula is C22H24F3N3. The zero-order chi connectivity index (χ0) is 20.7. The Kier molecular flexibility index (Phi) is 5.00. The molecule has 2 atom stereocenters. The highest BCUT2D eigenvalue weighted by atomic mass is 19.3. The number of hydrogen-bond donors (Lipinski definition) is 2. The Labute approximate surface area is 163 Å². The lowest BCUT2D eigenvalue weighted by Crippen LogP contribution is -2.59. The first kappa shape index (κ1) is 20.0. The van der Waals surface area contributed by atoms with E-state index in [4.69, 9.17) is 5.41 Å². The van der Waals surface area contributed by atoms with Crippen LogP contribution >= 0.6 is 0 Å². The van der Waals surface area contributed by atoms with E-state index in [0.29, 0.717) is 11.3 Å². The van der Waals surface area contributed by atoms with Crippen molar-refractivity contribution in [3.8, 4) is 0 Å². The fourth-order valence-corrected chi connectivity index (χ4v) is 3.83. The highest BCUT2D eigenvalue weighted by Crippen LogP contribution is 2.46. The molecule has 0 amide bonds. The summed E-state index contributed by atoms with van der Waals surface area (Å²) in [5.41, 5.74) is 0.646. The van der Waals surface area contributed by atoms with Crippen LogP contribution in [0.2, 0.25) is 0 Å². The fourth-order valence-electron chi connectivity index (χ4n) is 3.83. The van der Waals surface area contributed by atoms with Crippen LogP contribution in [0, 0.1) is 11.2 Å². The van der Waals surface area contributed by atoms with Crippen LogP contribution < -0.4 is 5.32 Å². The SMILES string of the molecule is C=C1[C@@H](c2ccc(C(F)(F)CC)cc2)[C@@](C)(c2ccccc2F)NC(=N)N1C. The van der Waals surface area contributed by atoms with Crippen molar-refractivity contribution in [3.05, 3.63) is 83.3 Å². The van der Waals surface area contributed by atoms with E-state index in [0.717, 1.165) is 5.56 Å². The van der Waals surface area contributed by atoms with Crippen LogP contribution in [0.15, 0.2) is 60.8 Å².